The van der Waals surface area contributed by atoms with Gasteiger partial charge in [0.15, 0.2) is 0 Å². The first-order valence-electron chi connectivity index (χ1n) is 8.30. The average molecular weight is 437 g/mol. The average Bonchev–Trinajstić information content (AvgIpc) is 3.00. The highest BCUT2D eigenvalue weighted by Gasteiger charge is 2.27. The van der Waals surface area contributed by atoms with Crippen LogP contribution in [0.5, 0.6) is 0 Å². The van der Waals surface area contributed by atoms with Crippen LogP contribution >= 0.6 is 47.8 Å². The van der Waals surface area contributed by atoms with E-state index in [2.05, 4.69) is 15.7 Å². The first-order valence-corrected chi connectivity index (χ1v) is 9.56. The molecule has 1 unspecified atom stereocenters. The van der Waals surface area contributed by atoms with Gasteiger partial charge in [-0.2, -0.15) is 0 Å². The fraction of sp³-hybridized carbons (Fsp3) is 0.444. The van der Waals surface area contributed by atoms with Gasteiger partial charge in [-0.1, -0.05) is 23.7 Å². The predicted molar refractivity (Wildman–Crippen MR) is 113 cm³/mol. The third-order valence-corrected chi connectivity index (χ3v) is 5.34. The maximum absolute atomic E-state index is 12.7. The Hall–Kier alpha value is -0.850. The van der Waals surface area contributed by atoms with E-state index < -0.39 is 0 Å². The molecule has 1 N–H and O–H groups in total. The third kappa shape index (κ3) is 6.10. The summed E-state index contributed by atoms with van der Waals surface area (Å²) in [6.07, 6.45) is 2.27. The van der Waals surface area contributed by atoms with Crippen LogP contribution in [0.25, 0.3) is 0 Å². The van der Waals surface area contributed by atoms with E-state index in [9.17, 15) is 4.79 Å². The van der Waals surface area contributed by atoms with Gasteiger partial charge in [-0.15, -0.1) is 36.2 Å². The molecule has 1 aromatic carbocycles. The van der Waals surface area contributed by atoms with Crippen LogP contribution in [0.2, 0.25) is 5.02 Å². The van der Waals surface area contributed by atoms with Crippen molar-refractivity contribution in [2.24, 2.45) is 0 Å². The number of aryl methyl sites for hydroxylation is 2. The Balaban J connectivity index is 0.00000169. The first-order chi connectivity index (χ1) is 11.6. The van der Waals surface area contributed by atoms with Gasteiger partial charge in [0.05, 0.1) is 16.7 Å². The summed E-state index contributed by atoms with van der Waals surface area (Å²) in [4.78, 5) is 19.2. The fourth-order valence-corrected chi connectivity index (χ4v) is 3.95. The van der Waals surface area contributed by atoms with Crippen molar-refractivity contribution in [3.63, 3.8) is 0 Å². The number of hydrogen-bond donors (Lipinski definition) is 1. The molecule has 3 rings (SSSR count). The highest BCUT2D eigenvalue weighted by Crippen LogP contribution is 2.25. The number of rotatable bonds is 5. The Morgan fingerprint density at radius 3 is 2.92 bits per heavy atom. The van der Waals surface area contributed by atoms with Crippen LogP contribution < -0.4 is 5.32 Å². The van der Waals surface area contributed by atoms with Crippen molar-refractivity contribution in [3.8, 4) is 0 Å². The molecule has 0 aliphatic carbocycles. The van der Waals surface area contributed by atoms with Crippen molar-refractivity contribution < 1.29 is 4.79 Å². The van der Waals surface area contributed by atoms with Crippen molar-refractivity contribution in [1.82, 2.24) is 15.2 Å². The van der Waals surface area contributed by atoms with Gasteiger partial charge in [0.1, 0.15) is 0 Å². The van der Waals surface area contributed by atoms with E-state index in [1.165, 1.54) is 0 Å². The fourth-order valence-electron chi connectivity index (χ4n) is 3.10. The lowest BCUT2D eigenvalue weighted by molar-refractivity contribution is -0.134. The lowest BCUT2D eigenvalue weighted by Gasteiger charge is -2.36. The lowest BCUT2D eigenvalue weighted by atomic mass is 10.0. The molecule has 1 amide bonds. The Labute approximate surface area is 176 Å². The number of thiazole rings is 1. The number of benzene rings is 1. The van der Waals surface area contributed by atoms with E-state index in [-0.39, 0.29) is 36.8 Å². The zero-order valence-corrected chi connectivity index (χ0v) is 17.8. The Morgan fingerprint density at radius 2 is 2.23 bits per heavy atom. The largest absolute Gasteiger partial charge is 0.333 e. The summed E-state index contributed by atoms with van der Waals surface area (Å²) < 4.78 is 0. The van der Waals surface area contributed by atoms with Gasteiger partial charge in [-0.25, -0.2) is 4.98 Å². The van der Waals surface area contributed by atoms with Crippen molar-refractivity contribution in [2.75, 3.05) is 19.6 Å². The maximum Gasteiger partial charge on any atom is 0.223 e. The highest BCUT2D eigenvalue weighted by atomic mass is 35.5. The molecule has 1 aromatic heterocycles. The van der Waals surface area contributed by atoms with E-state index in [0.717, 1.165) is 48.7 Å². The molecule has 2 heterocycles. The summed E-state index contributed by atoms with van der Waals surface area (Å²) in [6, 6.07) is 7.87. The van der Waals surface area contributed by atoms with Crippen molar-refractivity contribution in [1.29, 1.82) is 0 Å². The van der Waals surface area contributed by atoms with Crippen LogP contribution in [0, 0.1) is 6.92 Å². The second-order valence-electron chi connectivity index (χ2n) is 6.07. The minimum Gasteiger partial charge on any atom is -0.333 e. The molecule has 0 radical (unpaired) electrons. The van der Waals surface area contributed by atoms with Gasteiger partial charge in [0.25, 0.3) is 0 Å². The topological polar surface area (TPSA) is 45.2 Å². The predicted octanol–water partition coefficient (Wildman–Crippen LogP) is 4.44. The molecule has 1 atom stereocenters. The van der Waals surface area contributed by atoms with Gasteiger partial charge in [-0.05, 0) is 37.5 Å². The monoisotopic (exact) mass is 435 g/mol. The zero-order valence-electron chi connectivity index (χ0n) is 14.6. The Morgan fingerprint density at radius 1 is 1.42 bits per heavy atom. The van der Waals surface area contributed by atoms with Crippen LogP contribution in [0.15, 0.2) is 29.6 Å². The molecule has 4 nitrogen and oxygen atoms in total. The summed E-state index contributed by atoms with van der Waals surface area (Å²) in [5.41, 5.74) is 2.19. The molecule has 1 aliphatic heterocycles. The first kappa shape index (κ1) is 23.2. The summed E-state index contributed by atoms with van der Waals surface area (Å²) in [7, 11) is 0. The van der Waals surface area contributed by atoms with Crippen molar-refractivity contribution in [3.05, 3.63) is 50.9 Å². The number of amides is 1. The number of halogens is 3. The van der Waals surface area contributed by atoms with E-state index in [0.29, 0.717) is 11.4 Å². The second-order valence-corrected chi connectivity index (χ2v) is 7.57. The number of aromatic nitrogens is 1. The van der Waals surface area contributed by atoms with Gasteiger partial charge >= 0.3 is 0 Å². The molecule has 26 heavy (non-hydrogen) atoms. The molecule has 8 heteroatoms. The molecule has 2 aromatic rings. The van der Waals surface area contributed by atoms with E-state index in [1.54, 1.807) is 11.3 Å². The standard InChI is InChI=1S/C18H22ClN3OS.2ClH/c1-13-21-16(12-24-13)6-3-7-18(23)22-9-8-20-11-17(22)14-4-2-5-15(19)10-14;;/h2,4-5,10,12,17,20H,3,6-9,11H2,1H3;2*1H. The van der Waals surface area contributed by atoms with Crippen LogP contribution in [0.1, 0.15) is 35.1 Å². The highest BCUT2D eigenvalue weighted by molar-refractivity contribution is 7.09. The molecule has 0 saturated carbocycles. The SMILES string of the molecule is Cc1nc(CCCC(=O)N2CCNCC2c2cccc(Cl)c2)cs1.Cl.Cl. The number of hydrogen-bond acceptors (Lipinski definition) is 4. The summed E-state index contributed by atoms with van der Waals surface area (Å²) >= 11 is 7.78. The lowest BCUT2D eigenvalue weighted by Crippen LogP contribution is -2.48. The number of carbonyl (C=O) groups excluding carboxylic acids is 1. The van der Waals surface area contributed by atoms with Crippen LogP contribution in [-0.2, 0) is 11.2 Å². The van der Waals surface area contributed by atoms with E-state index >= 15 is 0 Å². The molecular weight excluding hydrogens is 413 g/mol. The summed E-state index contributed by atoms with van der Waals surface area (Å²) in [5, 5.41) is 7.25. The maximum atomic E-state index is 12.7. The second kappa shape index (κ2) is 11.1. The number of piperazine rings is 1. The molecule has 144 valence electrons. The minimum absolute atomic E-state index is 0. The Kier molecular flexibility index (Phi) is 9.90. The van der Waals surface area contributed by atoms with Crippen LogP contribution in [0.4, 0.5) is 0 Å². The summed E-state index contributed by atoms with van der Waals surface area (Å²) in [6.45, 7) is 4.37. The molecule has 1 saturated heterocycles. The van der Waals surface area contributed by atoms with Crippen molar-refractivity contribution in [2.45, 2.75) is 32.2 Å². The minimum atomic E-state index is 0. The smallest absolute Gasteiger partial charge is 0.223 e. The molecule has 1 aliphatic rings. The van der Waals surface area contributed by atoms with E-state index in [1.807, 2.05) is 36.1 Å². The van der Waals surface area contributed by atoms with Gasteiger partial charge in [-0.3, -0.25) is 4.79 Å². The molecule has 0 spiro atoms. The molecular formula is C18H24Cl3N3OS. The van der Waals surface area contributed by atoms with Crippen LogP contribution in [0.3, 0.4) is 0 Å². The van der Waals surface area contributed by atoms with Gasteiger partial charge in [0, 0.05) is 36.5 Å². The number of carbonyl (C=O) groups is 1. The van der Waals surface area contributed by atoms with Gasteiger partial charge in [0.2, 0.25) is 5.91 Å². The molecule has 1 fully saturated rings. The van der Waals surface area contributed by atoms with Crippen LogP contribution in [-0.4, -0.2) is 35.4 Å². The quantitative estimate of drug-likeness (QED) is 0.753. The van der Waals surface area contributed by atoms with Crippen molar-refractivity contribution >= 4 is 53.7 Å². The third-order valence-electron chi connectivity index (χ3n) is 4.29. The van der Waals surface area contributed by atoms with Gasteiger partial charge < -0.3 is 10.2 Å². The summed E-state index contributed by atoms with van der Waals surface area (Å²) in [5.74, 6) is 0.216. The number of nitrogens with zero attached hydrogens (tertiary/aromatic N) is 2. The zero-order chi connectivity index (χ0) is 16.9. The normalized spacial score (nSPS) is 16.5. The molecule has 0 bridgehead atoms. The number of nitrogens with one attached hydrogen (secondary N) is 1. The Bertz CT molecular complexity index is 710. The van der Waals surface area contributed by atoms with E-state index in [4.69, 9.17) is 11.6 Å².